The average molecular weight is 417 g/mol. The molecule has 0 bridgehead atoms. The van der Waals surface area contributed by atoms with Crippen LogP contribution in [0.25, 0.3) is 0 Å². The third-order valence-corrected chi connectivity index (χ3v) is 4.51. The van der Waals surface area contributed by atoms with E-state index in [0.717, 1.165) is 11.1 Å². The molecule has 0 atom stereocenters. The smallest absolute Gasteiger partial charge is 0.271 e. The number of benzene rings is 3. The summed E-state index contributed by atoms with van der Waals surface area (Å²) >= 11 is 0. The Kier molecular flexibility index (Phi) is 7.01. The lowest BCUT2D eigenvalue weighted by molar-refractivity contribution is 0.0954. The van der Waals surface area contributed by atoms with Crippen LogP contribution < -0.4 is 20.2 Å². The molecule has 0 saturated heterocycles. The first-order valence-electron chi connectivity index (χ1n) is 9.53. The number of carbonyl (C=O) groups is 2. The van der Waals surface area contributed by atoms with E-state index in [1.165, 1.54) is 6.21 Å². The number of carbonyl (C=O) groups excluding carboxylic acids is 2. The van der Waals surface area contributed by atoms with Gasteiger partial charge in [-0.15, -0.1) is 0 Å². The van der Waals surface area contributed by atoms with Crippen LogP contribution in [0.5, 0.6) is 11.5 Å². The Labute approximate surface area is 180 Å². The summed E-state index contributed by atoms with van der Waals surface area (Å²) in [5.74, 6) is 0.601. The molecule has 31 heavy (non-hydrogen) atoms. The van der Waals surface area contributed by atoms with Crippen LogP contribution in [-0.4, -0.2) is 32.2 Å². The van der Waals surface area contributed by atoms with Crippen LogP contribution in [0.2, 0.25) is 0 Å². The minimum absolute atomic E-state index is 0.211. The van der Waals surface area contributed by atoms with Gasteiger partial charge in [-0.2, -0.15) is 5.10 Å². The monoisotopic (exact) mass is 417 g/mol. The number of hydrogen-bond acceptors (Lipinski definition) is 5. The second kappa shape index (κ2) is 10.1. The zero-order valence-electron chi connectivity index (χ0n) is 17.5. The minimum Gasteiger partial charge on any atom is -0.493 e. The SMILES string of the molecule is COc1ccc(/C=N\NC(=O)c2ccc(NC(=O)c3ccc(C)cc3)cc2)cc1OC. The van der Waals surface area contributed by atoms with Gasteiger partial charge in [-0.25, -0.2) is 5.43 Å². The minimum atomic E-state index is -0.367. The number of amides is 2. The molecule has 2 N–H and O–H groups in total. The topological polar surface area (TPSA) is 89.0 Å². The van der Waals surface area contributed by atoms with E-state index in [-0.39, 0.29) is 11.8 Å². The van der Waals surface area contributed by atoms with Crippen LogP contribution in [0.4, 0.5) is 5.69 Å². The van der Waals surface area contributed by atoms with Gasteiger partial charge < -0.3 is 14.8 Å². The molecule has 7 nitrogen and oxygen atoms in total. The van der Waals surface area contributed by atoms with Crippen LogP contribution >= 0.6 is 0 Å². The molecule has 0 spiro atoms. The summed E-state index contributed by atoms with van der Waals surface area (Å²) in [6.07, 6.45) is 1.51. The molecule has 3 rings (SSSR count). The van der Waals surface area contributed by atoms with Crippen molar-refractivity contribution in [1.29, 1.82) is 0 Å². The Balaban J connectivity index is 1.58. The fraction of sp³-hybridized carbons (Fsp3) is 0.125. The van der Waals surface area contributed by atoms with Gasteiger partial charge in [0.2, 0.25) is 0 Å². The van der Waals surface area contributed by atoms with Gasteiger partial charge in [0.05, 0.1) is 20.4 Å². The van der Waals surface area contributed by atoms with Gasteiger partial charge in [-0.1, -0.05) is 17.7 Å². The largest absolute Gasteiger partial charge is 0.493 e. The molecule has 0 aliphatic rings. The van der Waals surface area contributed by atoms with Crippen LogP contribution in [0.1, 0.15) is 31.8 Å². The number of anilines is 1. The van der Waals surface area contributed by atoms with Crippen molar-refractivity contribution in [2.45, 2.75) is 6.92 Å². The number of ether oxygens (including phenoxy) is 2. The number of nitrogens with zero attached hydrogens (tertiary/aromatic N) is 1. The third-order valence-electron chi connectivity index (χ3n) is 4.51. The second-order valence-electron chi connectivity index (χ2n) is 6.71. The van der Waals surface area contributed by atoms with Crippen LogP contribution in [0.3, 0.4) is 0 Å². The Morgan fingerprint density at radius 1 is 0.806 bits per heavy atom. The summed E-state index contributed by atoms with van der Waals surface area (Å²) in [7, 11) is 3.11. The average Bonchev–Trinajstić information content (AvgIpc) is 2.79. The summed E-state index contributed by atoms with van der Waals surface area (Å²) in [5.41, 5.74) is 5.88. The maximum atomic E-state index is 12.3. The number of methoxy groups -OCH3 is 2. The quantitative estimate of drug-likeness (QED) is 0.449. The first-order chi connectivity index (χ1) is 15.0. The van der Waals surface area contributed by atoms with Crippen LogP contribution in [-0.2, 0) is 0 Å². The Morgan fingerprint density at radius 3 is 2.06 bits per heavy atom. The maximum absolute atomic E-state index is 12.3. The second-order valence-corrected chi connectivity index (χ2v) is 6.71. The van der Waals surface area contributed by atoms with Gasteiger partial charge in [0.1, 0.15) is 0 Å². The van der Waals surface area contributed by atoms with Crippen LogP contribution in [0, 0.1) is 6.92 Å². The highest BCUT2D eigenvalue weighted by Gasteiger charge is 2.08. The molecule has 3 aromatic rings. The summed E-state index contributed by atoms with van der Waals surface area (Å²) in [4.78, 5) is 24.6. The molecule has 3 aromatic carbocycles. The van der Waals surface area contributed by atoms with E-state index in [9.17, 15) is 9.59 Å². The normalized spacial score (nSPS) is 10.5. The van der Waals surface area contributed by atoms with E-state index in [0.29, 0.717) is 28.3 Å². The number of hydrogen-bond donors (Lipinski definition) is 2. The predicted molar refractivity (Wildman–Crippen MR) is 120 cm³/mol. The van der Waals surface area contributed by atoms with E-state index < -0.39 is 0 Å². The van der Waals surface area contributed by atoms with E-state index in [2.05, 4.69) is 15.8 Å². The molecule has 0 aliphatic heterocycles. The van der Waals surface area contributed by atoms with E-state index in [1.54, 1.807) is 68.8 Å². The first-order valence-corrected chi connectivity index (χ1v) is 9.53. The molecule has 7 heteroatoms. The van der Waals surface area contributed by atoms with Gasteiger partial charge in [0.25, 0.3) is 11.8 Å². The lowest BCUT2D eigenvalue weighted by Crippen LogP contribution is -2.18. The highest BCUT2D eigenvalue weighted by Crippen LogP contribution is 2.26. The molecule has 0 heterocycles. The zero-order chi connectivity index (χ0) is 22.2. The molecule has 0 radical (unpaired) electrons. The maximum Gasteiger partial charge on any atom is 0.271 e. The number of aryl methyl sites for hydroxylation is 1. The van der Waals surface area contributed by atoms with Crippen molar-refractivity contribution >= 4 is 23.7 Å². The Morgan fingerprint density at radius 2 is 1.42 bits per heavy atom. The number of hydrazone groups is 1. The van der Waals surface area contributed by atoms with Gasteiger partial charge in [-0.3, -0.25) is 9.59 Å². The highest BCUT2D eigenvalue weighted by atomic mass is 16.5. The number of rotatable bonds is 7. The molecule has 158 valence electrons. The van der Waals surface area contributed by atoms with Gasteiger partial charge >= 0.3 is 0 Å². The van der Waals surface area contributed by atoms with Crippen molar-refractivity contribution in [3.8, 4) is 11.5 Å². The molecule has 2 amide bonds. The molecule has 0 aliphatic carbocycles. The molecular weight excluding hydrogens is 394 g/mol. The molecular formula is C24H23N3O4. The summed E-state index contributed by atoms with van der Waals surface area (Å²) in [6.45, 7) is 1.96. The Hall–Kier alpha value is -4.13. The summed E-state index contributed by atoms with van der Waals surface area (Å²) in [5, 5.41) is 6.78. The standard InChI is InChI=1S/C24H23N3O4/c1-16-4-7-18(8-5-16)23(28)26-20-11-9-19(10-12-20)24(29)27-25-15-17-6-13-21(30-2)22(14-17)31-3/h4-15H,1-3H3,(H,26,28)(H,27,29)/b25-15-. The predicted octanol–water partition coefficient (Wildman–Crippen LogP) is 4.03. The molecule has 0 aromatic heterocycles. The van der Waals surface area contributed by atoms with E-state index >= 15 is 0 Å². The van der Waals surface area contributed by atoms with Crippen molar-refractivity contribution in [1.82, 2.24) is 5.43 Å². The zero-order valence-corrected chi connectivity index (χ0v) is 17.5. The van der Waals surface area contributed by atoms with Gasteiger partial charge in [-0.05, 0) is 67.1 Å². The van der Waals surface area contributed by atoms with E-state index in [1.807, 2.05) is 19.1 Å². The lowest BCUT2D eigenvalue weighted by Gasteiger charge is -2.07. The fourth-order valence-electron chi connectivity index (χ4n) is 2.78. The van der Waals surface area contributed by atoms with Crippen LogP contribution in [0.15, 0.2) is 71.8 Å². The highest BCUT2D eigenvalue weighted by molar-refractivity contribution is 6.04. The summed E-state index contributed by atoms with van der Waals surface area (Å²) in [6, 6.07) is 19.2. The Bertz CT molecular complexity index is 1090. The van der Waals surface area contributed by atoms with Crippen molar-refractivity contribution in [2.24, 2.45) is 5.10 Å². The fourth-order valence-corrected chi connectivity index (χ4v) is 2.78. The molecule has 0 unspecified atom stereocenters. The number of nitrogens with one attached hydrogen (secondary N) is 2. The first kappa shape index (κ1) is 21.6. The van der Waals surface area contributed by atoms with E-state index in [4.69, 9.17) is 9.47 Å². The van der Waals surface area contributed by atoms with Crippen molar-refractivity contribution in [3.63, 3.8) is 0 Å². The lowest BCUT2D eigenvalue weighted by atomic mass is 10.1. The van der Waals surface area contributed by atoms with Crippen molar-refractivity contribution < 1.29 is 19.1 Å². The molecule has 0 fully saturated rings. The third kappa shape index (κ3) is 5.70. The van der Waals surface area contributed by atoms with Crippen molar-refractivity contribution in [3.05, 3.63) is 89.0 Å². The molecule has 0 saturated carbocycles. The van der Waals surface area contributed by atoms with Gasteiger partial charge in [0.15, 0.2) is 11.5 Å². The van der Waals surface area contributed by atoms with Crippen molar-refractivity contribution in [2.75, 3.05) is 19.5 Å². The summed E-state index contributed by atoms with van der Waals surface area (Å²) < 4.78 is 10.4. The van der Waals surface area contributed by atoms with Gasteiger partial charge in [0, 0.05) is 16.8 Å².